The molecule has 1 N–H and O–H groups in total. The zero-order chi connectivity index (χ0) is 21.9. The van der Waals surface area contributed by atoms with Gasteiger partial charge in [0.15, 0.2) is 22.1 Å². The molecular weight excluding hydrogens is 408 g/mol. The van der Waals surface area contributed by atoms with Crippen molar-refractivity contribution in [1.82, 2.24) is 14.8 Å². The van der Waals surface area contributed by atoms with Crippen molar-refractivity contribution in [2.45, 2.75) is 13.8 Å². The minimum Gasteiger partial charge on any atom is -0.492 e. The summed E-state index contributed by atoms with van der Waals surface area (Å²) >= 11 is 0. The van der Waals surface area contributed by atoms with Gasteiger partial charge in [0.25, 0.3) is 5.91 Å². The van der Waals surface area contributed by atoms with Crippen LogP contribution < -0.4 is 14.8 Å². The van der Waals surface area contributed by atoms with E-state index >= 15 is 0 Å². The molecule has 0 fully saturated rings. The van der Waals surface area contributed by atoms with Crippen molar-refractivity contribution in [2.24, 2.45) is 7.05 Å². The first kappa shape index (κ1) is 21.6. The number of carbonyl (C=O) groups excluding carboxylic acids is 1. The highest BCUT2D eigenvalue weighted by molar-refractivity contribution is 7.90. The molecule has 10 heteroatoms. The van der Waals surface area contributed by atoms with Gasteiger partial charge in [0.05, 0.1) is 11.1 Å². The molecule has 30 heavy (non-hydrogen) atoms. The first-order valence-electron chi connectivity index (χ1n) is 9.26. The van der Waals surface area contributed by atoms with E-state index in [-0.39, 0.29) is 24.9 Å². The van der Waals surface area contributed by atoms with Crippen molar-refractivity contribution >= 4 is 32.5 Å². The Morgan fingerprint density at radius 3 is 2.70 bits per heavy atom. The van der Waals surface area contributed by atoms with E-state index in [0.717, 1.165) is 22.9 Å². The molecule has 2 aromatic heterocycles. The number of pyridine rings is 1. The summed E-state index contributed by atoms with van der Waals surface area (Å²) in [5, 5.41) is 7.82. The number of aromatic nitrogens is 3. The molecule has 0 atom stereocenters. The quantitative estimate of drug-likeness (QED) is 0.579. The Kier molecular flexibility index (Phi) is 6.25. The lowest BCUT2D eigenvalue weighted by Gasteiger charge is -2.09. The van der Waals surface area contributed by atoms with Crippen molar-refractivity contribution in [3.63, 3.8) is 0 Å². The highest BCUT2D eigenvalue weighted by Gasteiger charge is 2.15. The normalized spacial score (nSPS) is 11.5. The summed E-state index contributed by atoms with van der Waals surface area (Å²) in [6.07, 6.45) is 1.15. The number of aryl methyl sites for hydroxylation is 3. The zero-order valence-corrected chi connectivity index (χ0v) is 18.1. The maximum atomic E-state index is 12.3. The van der Waals surface area contributed by atoms with Gasteiger partial charge >= 0.3 is 0 Å². The van der Waals surface area contributed by atoms with Gasteiger partial charge in [-0.25, -0.2) is 18.1 Å². The van der Waals surface area contributed by atoms with Crippen LogP contribution in [-0.4, -0.2) is 54.3 Å². The van der Waals surface area contributed by atoms with Gasteiger partial charge in [-0.15, -0.1) is 5.10 Å². The maximum Gasteiger partial charge on any atom is 0.262 e. The number of rotatable bonds is 8. The van der Waals surface area contributed by atoms with Crippen LogP contribution in [0.4, 0.5) is 5.69 Å². The molecule has 160 valence electrons. The van der Waals surface area contributed by atoms with E-state index in [1.807, 2.05) is 19.9 Å². The summed E-state index contributed by atoms with van der Waals surface area (Å²) in [4.78, 5) is 16.8. The molecule has 0 saturated heterocycles. The molecule has 0 bridgehead atoms. The number of nitrogens with zero attached hydrogens (tertiary/aromatic N) is 3. The van der Waals surface area contributed by atoms with Crippen LogP contribution in [0.1, 0.15) is 11.3 Å². The number of hydrogen-bond donors (Lipinski definition) is 1. The van der Waals surface area contributed by atoms with Gasteiger partial charge in [0.2, 0.25) is 5.88 Å². The standard InChI is InChI=1S/C20H24N4O5S/c1-13-10-14(2)21-19-18(13)20(23-24(19)3)29-12-17(25)22-15-6-5-7-16(11-15)28-8-9-30(4,26)27/h5-7,10-11H,8-9,12H2,1-4H3,(H,22,25). The van der Waals surface area contributed by atoms with Gasteiger partial charge in [-0.05, 0) is 37.6 Å². The number of sulfone groups is 1. The number of nitrogens with one attached hydrogen (secondary N) is 1. The van der Waals surface area contributed by atoms with Crippen LogP contribution in [0, 0.1) is 13.8 Å². The lowest BCUT2D eigenvalue weighted by Crippen LogP contribution is -2.20. The first-order chi connectivity index (χ1) is 14.1. The average molecular weight is 433 g/mol. The molecular formula is C20H24N4O5S. The van der Waals surface area contributed by atoms with Crippen molar-refractivity contribution in [1.29, 1.82) is 0 Å². The summed E-state index contributed by atoms with van der Waals surface area (Å²) < 4.78 is 35.1. The number of amides is 1. The van der Waals surface area contributed by atoms with Gasteiger partial charge in [-0.1, -0.05) is 6.07 Å². The second kappa shape index (κ2) is 8.70. The van der Waals surface area contributed by atoms with E-state index in [4.69, 9.17) is 9.47 Å². The Morgan fingerprint density at radius 2 is 1.97 bits per heavy atom. The molecule has 0 aliphatic heterocycles. The number of fused-ring (bicyclic) bond motifs is 1. The molecule has 3 aromatic rings. The van der Waals surface area contributed by atoms with Crippen molar-refractivity contribution in [3.05, 3.63) is 41.6 Å². The first-order valence-corrected chi connectivity index (χ1v) is 11.3. The fraction of sp³-hybridized carbons (Fsp3) is 0.350. The minimum atomic E-state index is -3.10. The lowest BCUT2D eigenvalue weighted by atomic mass is 10.2. The molecule has 3 rings (SSSR count). The molecule has 0 aliphatic rings. The zero-order valence-electron chi connectivity index (χ0n) is 17.3. The fourth-order valence-electron chi connectivity index (χ4n) is 2.96. The molecule has 9 nitrogen and oxygen atoms in total. The van der Waals surface area contributed by atoms with Crippen molar-refractivity contribution in [2.75, 3.05) is 30.5 Å². The van der Waals surface area contributed by atoms with Crippen LogP contribution in [0.2, 0.25) is 0 Å². The number of benzene rings is 1. The van der Waals surface area contributed by atoms with Gasteiger partial charge in [-0.2, -0.15) is 0 Å². The summed E-state index contributed by atoms with van der Waals surface area (Å²) in [7, 11) is -1.33. The summed E-state index contributed by atoms with van der Waals surface area (Å²) in [5.41, 5.74) is 3.06. The summed E-state index contributed by atoms with van der Waals surface area (Å²) in [6.45, 7) is 3.67. The van der Waals surface area contributed by atoms with Crippen molar-refractivity contribution in [3.8, 4) is 11.6 Å². The third-order valence-electron chi connectivity index (χ3n) is 4.27. The van der Waals surface area contributed by atoms with Crippen LogP contribution in [0.5, 0.6) is 11.6 Å². The van der Waals surface area contributed by atoms with Crippen LogP contribution in [0.25, 0.3) is 11.0 Å². The molecule has 0 aliphatic carbocycles. The Bertz CT molecular complexity index is 1190. The average Bonchev–Trinajstić information content (AvgIpc) is 2.95. The fourth-order valence-corrected chi connectivity index (χ4v) is 3.34. The Labute approximate surface area is 174 Å². The molecule has 0 unspecified atom stereocenters. The molecule has 0 saturated carbocycles. The van der Waals surface area contributed by atoms with Crippen LogP contribution in [0.3, 0.4) is 0 Å². The second-order valence-corrected chi connectivity index (χ2v) is 9.31. The highest BCUT2D eigenvalue weighted by atomic mass is 32.2. The Hall–Kier alpha value is -3.14. The molecule has 1 amide bonds. The maximum absolute atomic E-state index is 12.3. The van der Waals surface area contributed by atoms with E-state index in [0.29, 0.717) is 23.0 Å². The van der Waals surface area contributed by atoms with Crippen LogP contribution >= 0.6 is 0 Å². The Morgan fingerprint density at radius 1 is 1.20 bits per heavy atom. The molecule has 0 spiro atoms. The second-order valence-electron chi connectivity index (χ2n) is 7.05. The highest BCUT2D eigenvalue weighted by Crippen LogP contribution is 2.27. The largest absolute Gasteiger partial charge is 0.492 e. The third kappa shape index (κ3) is 5.47. The van der Waals surface area contributed by atoms with E-state index in [1.165, 1.54) is 0 Å². The van der Waals surface area contributed by atoms with Gasteiger partial charge in [0.1, 0.15) is 12.4 Å². The number of anilines is 1. The summed E-state index contributed by atoms with van der Waals surface area (Å²) in [5.74, 6) is 0.374. The van der Waals surface area contributed by atoms with Gasteiger partial charge in [0, 0.05) is 30.8 Å². The summed E-state index contributed by atoms with van der Waals surface area (Å²) in [6, 6.07) is 8.65. The van der Waals surface area contributed by atoms with E-state index < -0.39 is 9.84 Å². The number of ether oxygens (including phenoxy) is 2. The lowest BCUT2D eigenvalue weighted by molar-refractivity contribution is -0.118. The van der Waals surface area contributed by atoms with Gasteiger partial charge in [-0.3, -0.25) is 4.79 Å². The topological polar surface area (TPSA) is 112 Å². The van der Waals surface area contributed by atoms with Gasteiger partial charge < -0.3 is 14.8 Å². The van der Waals surface area contributed by atoms with E-state index in [9.17, 15) is 13.2 Å². The number of carbonyl (C=O) groups is 1. The van der Waals surface area contributed by atoms with Crippen molar-refractivity contribution < 1.29 is 22.7 Å². The van der Waals surface area contributed by atoms with Crippen LogP contribution in [-0.2, 0) is 21.7 Å². The predicted octanol–water partition coefficient (Wildman–Crippen LogP) is 2.03. The Balaban J connectivity index is 1.62. The van der Waals surface area contributed by atoms with E-state index in [1.54, 1.807) is 36.0 Å². The van der Waals surface area contributed by atoms with E-state index in [2.05, 4.69) is 15.4 Å². The third-order valence-corrected chi connectivity index (χ3v) is 5.18. The molecule has 2 heterocycles. The smallest absolute Gasteiger partial charge is 0.262 e. The minimum absolute atomic E-state index is 0.0406. The SMILES string of the molecule is Cc1cc(C)c2c(OCC(=O)Nc3cccc(OCCS(C)(=O)=O)c3)nn(C)c2n1. The predicted molar refractivity (Wildman–Crippen MR) is 114 cm³/mol. The molecule has 0 radical (unpaired) electrons. The number of hydrogen-bond acceptors (Lipinski definition) is 7. The molecule has 1 aromatic carbocycles. The monoisotopic (exact) mass is 432 g/mol. The van der Waals surface area contributed by atoms with Crippen LogP contribution in [0.15, 0.2) is 30.3 Å².